The van der Waals surface area contributed by atoms with E-state index in [1.165, 1.54) is 11.8 Å². The van der Waals surface area contributed by atoms with Crippen LogP contribution in [0.5, 0.6) is 0 Å². The monoisotopic (exact) mass is 144 g/mol. The van der Waals surface area contributed by atoms with E-state index in [1.807, 2.05) is 0 Å². The fraction of sp³-hybridized carbons (Fsp3) is 0.500. The molecule has 1 N–H and O–H groups in total. The Morgan fingerprint density at radius 2 is 2.00 bits per heavy atom. The molecule has 0 aliphatic heterocycles. The van der Waals surface area contributed by atoms with Crippen LogP contribution in [0.15, 0.2) is 0 Å². The maximum atomic E-state index is 8.06. The predicted molar refractivity (Wildman–Crippen MR) is 36.0 cm³/mol. The summed E-state index contributed by atoms with van der Waals surface area (Å²) >= 11 is 5.38. The summed E-state index contributed by atoms with van der Waals surface area (Å²) in [4.78, 5) is 0. The van der Waals surface area contributed by atoms with E-state index in [1.54, 1.807) is 6.26 Å². The third kappa shape index (κ3) is 8.82. The molecule has 0 heterocycles. The van der Waals surface area contributed by atoms with Gasteiger partial charge in [-0.1, -0.05) is 11.8 Å². The highest BCUT2D eigenvalue weighted by atomic mass is 35.5. The Labute approximate surface area is 52.5 Å². The van der Waals surface area contributed by atoms with Crippen LogP contribution in [-0.2, 0) is 0 Å². The molecule has 1 nitrogen and oxygen atoms in total. The first-order chi connectivity index (χ1) is 2.27. The third-order valence-corrected chi connectivity index (χ3v) is 1.02. The van der Waals surface area contributed by atoms with Crippen molar-refractivity contribution in [3.8, 4) is 0 Å². The lowest BCUT2D eigenvalue weighted by molar-refractivity contribution is 0.586. The molecule has 0 atom stereocenters. The molecule has 0 aliphatic rings. The predicted octanol–water partition coefficient (Wildman–Crippen LogP) is 1.61. The van der Waals surface area contributed by atoms with Crippen molar-refractivity contribution in [2.75, 3.05) is 6.26 Å². The second-order valence-electron chi connectivity index (χ2n) is 0.470. The van der Waals surface area contributed by atoms with Gasteiger partial charge in [0.15, 0.2) is 0 Å². The van der Waals surface area contributed by atoms with Gasteiger partial charge in [-0.3, -0.25) is 0 Å². The summed E-state index contributed by atoms with van der Waals surface area (Å²) in [5, 5.41) is 8.06. The van der Waals surface area contributed by atoms with E-state index in [0.29, 0.717) is 0 Å². The van der Waals surface area contributed by atoms with Gasteiger partial charge in [-0.05, 0) is 18.5 Å². The number of thiocarbonyl (C=S) groups is 1. The summed E-state index contributed by atoms with van der Waals surface area (Å²) < 4.78 is 0.00463. The van der Waals surface area contributed by atoms with E-state index in [2.05, 4.69) is 12.2 Å². The lowest BCUT2D eigenvalue weighted by Crippen LogP contribution is -1.75. The van der Waals surface area contributed by atoms with Crippen molar-refractivity contribution in [3.63, 3.8) is 0 Å². The highest BCUT2D eigenvalue weighted by Gasteiger charge is 1.74. The first-order valence-corrected chi connectivity index (χ1v) is 2.67. The fourth-order valence-electron chi connectivity index (χ4n) is 0. The van der Waals surface area contributed by atoms with E-state index < -0.39 is 0 Å². The molecule has 0 radical (unpaired) electrons. The van der Waals surface area contributed by atoms with Gasteiger partial charge in [-0.2, -0.15) is 0 Å². The van der Waals surface area contributed by atoms with Crippen LogP contribution >= 0.6 is 36.4 Å². The minimum absolute atomic E-state index is 0. The van der Waals surface area contributed by atoms with E-state index in [-0.39, 0.29) is 16.8 Å². The first kappa shape index (κ1) is 9.73. The van der Waals surface area contributed by atoms with Crippen LogP contribution < -0.4 is 0 Å². The van der Waals surface area contributed by atoms with Crippen molar-refractivity contribution in [1.82, 2.24) is 0 Å². The number of hydrogen-bond donors (Lipinski definition) is 1. The molecule has 0 bridgehead atoms. The highest BCUT2D eigenvalue weighted by molar-refractivity contribution is 8.22. The topological polar surface area (TPSA) is 20.2 Å². The second-order valence-corrected chi connectivity index (χ2v) is 1.91. The number of halogens is 1. The van der Waals surface area contributed by atoms with Crippen LogP contribution in [0.2, 0.25) is 0 Å². The Morgan fingerprint density at radius 3 is 2.00 bits per heavy atom. The molecule has 0 aromatic rings. The maximum absolute atomic E-state index is 8.06. The Balaban J connectivity index is 0. The summed E-state index contributed by atoms with van der Waals surface area (Å²) in [6.45, 7) is 0. The van der Waals surface area contributed by atoms with E-state index in [4.69, 9.17) is 5.11 Å². The summed E-state index contributed by atoms with van der Waals surface area (Å²) in [6.07, 6.45) is 1.72. The van der Waals surface area contributed by atoms with Crippen LogP contribution in [-0.4, -0.2) is 15.7 Å². The van der Waals surface area contributed by atoms with Gasteiger partial charge in [-0.15, -0.1) is 12.4 Å². The molecular formula is C2H5ClOS2. The molecule has 0 fully saturated rings. The third-order valence-electron chi connectivity index (χ3n) is 0.175. The van der Waals surface area contributed by atoms with Gasteiger partial charge in [0.25, 0.3) is 0 Å². The van der Waals surface area contributed by atoms with Crippen LogP contribution in [0.25, 0.3) is 0 Å². The molecule has 0 aliphatic carbocycles. The summed E-state index contributed by atoms with van der Waals surface area (Å²) in [5.74, 6) is 0. The summed E-state index contributed by atoms with van der Waals surface area (Å²) in [6, 6.07) is 0. The molecule has 0 amide bonds. The van der Waals surface area contributed by atoms with Gasteiger partial charge < -0.3 is 5.11 Å². The Hall–Kier alpha value is 0.530. The molecule has 0 saturated carbocycles. The van der Waals surface area contributed by atoms with Gasteiger partial charge in [0.05, 0.1) is 0 Å². The Morgan fingerprint density at radius 1 is 1.83 bits per heavy atom. The fourth-order valence-corrected chi connectivity index (χ4v) is 0. The van der Waals surface area contributed by atoms with Crippen molar-refractivity contribution in [1.29, 1.82) is 0 Å². The number of hydrogen-bond acceptors (Lipinski definition) is 2. The number of aliphatic hydroxyl groups is 1. The van der Waals surface area contributed by atoms with Gasteiger partial charge in [0.1, 0.15) is 0 Å². The molecule has 0 aromatic heterocycles. The molecule has 0 saturated heterocycles. The van der Waals surface area contributed by atoms with E-state index in [0.717, 1.165) is 0 Å². The Kier molecular flexibility index (Phi) is 8.97. The standard InChI is InChI=1S/C2H4OS2.ClH/c1-5-2(3)4;/h1H3,(H,3,4);1H. The smallest absolute Gasteiger partial charge is 0.217 e. The highest BCUT2D eigenvalue weighted by Crippen LogP contribution is 1.89. The van der Waals surface area contributed by atoms with Crippen LogP contribution in [0.3, 0.4) is 0 Å². The lowest BCUT2D eigenvalue weighted by Gasteiger charge is -1.76. The zero-order chi connectivity index (χ0) is 4.28. The second kappa shape index (κ2) is 5.53. The Bertz CT molecular complexity index is 46.8. The van der Waals surface area contributed by atoms with Crippen molar-refractivity contribution >= 4 is 40.8 Å². The quantitative estimate of drug-likeness (QED) is 0.522. The van der Waals surface area contributed by atoms with Crippen LogP contribution in [0, 0.1) is 0 Å². The lowest BCUT2D eigenvalue weighted by atomic mass is 11.7. The van der Waals surface area contributed by atoms with Gasteiger partial charge in [-0.25, -0.2) is 0 Å². The van der Waals surface area contributed by atoms with E-state index >= 15 is 0 Å². The minimum atomic E-state index is 0. The molecule has 6 heavy (non-hydrogen) atoms. The number of rotatable bonds is 0. The van der Waals surface area contributed by atoms with Gasteiger partial charge in [0, 0.05) is 0 Å². The molecule has 0 spiro atoms. The summed E-state index contributed by atoms with van der Waals surface area (Å²) in [7, 11) is 0. The summed E-state index contributed by atoms with van der Waals surface area (Å²) in [5.41, 5.74) is 0. The van der Waals surface area contributed by atoms with Crippen molar-refractivity contribution in [2.45, 2.75) is 0 Å². The average Bonchev–Trinajstić information content (AvgIpc) is 1.38. The zero-order valence-electron chi connectivity index (χ0n) is 3.17. The number of aliphatic hydroxyl groups excluding tert-OH is 1. The molecule has 4 heteroatoms. The zero-order valence-corrected chi connectivity index (χ0v) is 5.62. The molecular weight excluding hydrogens is 140 g/mol. The molecule has 0 unspecified atom stereocenters. The van der Waals surface area contributed by atoms with Gasteiger partial charge in [0.2, 0.25) is 4.38 Å². The van der Waals surface area contributed by atoms with Gasteiger partial charge >= 0.3 is 0 Å². The molecule has 0 rings (SSSR count). The largest absolute Gasteiger partial charge is 0.494 e. The minimum Gasteiger partial charge on any atom is -0.494 e. The van der Waals surface area contributed by atoms with Crippen LogP contribution in [0.4, 0.5) is 0 Å². The van der Waals surface area contributed by atoms with Crippen molar-refractivity contribution < 1.29 is 5.11 Å². The first-order valence-electron chi connectivity index (χ1n) is 1.04. The number of thioether (sulfide) groups is 1. The van der Waals surface area contributed by atoms with Crippen molar-refractivity contribution in [3.05, 3.63) is 0 Å². The molecule has 0 aromatic carbocycles. The van der Waals surface area contributed by atoms with Crippen LogP contribution in [0.1, 0.15) is 0 Å². The van der Waals surface area contributed by atoms with Crippen molar-refractivity contribution in [2.24, 2.45) is 0 Å². The van der Waals surface area contributed by atoms with E-state index in [9.17, 15) is 0 Å². The normalized spacial score (nSPS) is 6.17. The average molecular weight is 145 g/mol. The maximum Gasteiger partial charge on any atom is 0.217 e. The molecule has 38 valence electrons. The SMILES string of the molecule is CSC(O)=S.Cl.